The molecular formula is C34H40FN7O4S. The largest absolute Gasteiger partial charge is 0.475 e. The number of likely N-dealkylation sites (N-methyl/N-ethyl adjacent to an activating group) is 1. The first-order valence-electron chi connectivity index (χ1n) is 16.2. The minimum Gasteiger partial charge on any atom is -0.475 e. The molecule has 3 aliphatic heterocycles. The maximum atomic E-state index is 16.8. The van der Waals surface area contributed by atoms with Gasteiger partial charge in [-0.25, -0.2) is 14.2 Å². The molecule has 13 heteroatoms. The fourth-order valence-electron chi connectivity index (χ4n) is 6.71. The number of anilines is 2. The van der Waals surface area contributed by atoms with E-state index in [0.717, 1.165) is 38.8 Å². The highest BCUT2D eigenvalue weighted by molar-refractivity contribution is 7.23. The molecule has 2 saturated heterocycles. The van der Waals surface area contributed by atoms with Crippen LogP contribution in [0.25, 0.3) is 32.2 Å². The number of pyridine rings is 1. The highest BCUT2D eigenvalue weighted by Gasteiger charge is 2.45. The summed E-state index contributed by atoms with van der Waals surface area (Å²) in [4.78, 5) is 30.9. The SMILES string of the molecule is CC.CN1CCOc2nc(-c3cccc4sc(NC(=O)OC(C)(C)C)c(C#N)c34)c(F)c3nc(OCC45CCCN4CCC5)nc1c23. The van der Waals surface area contributed by atoms with Crippen LogP contribution in [0.4, 0.5) is 20.0 Å². The predicted octanol–water partition coefficient (Wildman–Crippen LogP) is 7.13. The molecule has 0 radical (unpaired) electrons. The third-order valence-corrected chi connectivity index (χ3v) is 9.79. The molecule has 2 fully saturated rings. The van der Waals surface area contributed by atoms with Gasteiger partial charge in [-0.2, -0.15) is 15.2 Å². The first kappa shape index (κ1) is 32.7. The minimum atomic E-state index is -0.721. The van der Waals surface area contributed by atoms with E-state index in [1.807, 2.05) is 31.9 Å². The van der Waals surface area contributed by atoms with Crippen molar-refractivity contribution in [1.82, 2.24) is 19.9 Å². The number of rotatable bonds is 5. The second-order valence-electron chi connectivity index (χ2n) is 12.8. The number of hydrogen-bond donors (Lipinski definition) is 1. The maximum absolute atomic E-state index is 16.8. The van der Waals surface area contributed by atoms with E-state index >= 15 is 4.39 Å². The zero-order valence-electron chi connectivity index (χ0n) is 27.7. The molecule has 6 heterocycles. The van der Waals surface area contributed by atoms with Gasteiger partial charge < -0.3 is 19.1 Å². The third-order valence-electron chi connectivity index (χ3n) is 8.72. The van der Waals surface area contributed by atoms with E-state index in [4.69, 9.17) is 19.2 Å². The first-order chi connectivity index (χ1) is 22.6. The van der Waals surface area contributed by atoms with E-state index in [0.29, 0.717) is 51.6 Å². The van der Waals surface area contributed by atoms with E-state index < -0.39 is 17.5 Å². The van der Waals surface area contributed by atoms with Crippen molar-refractivity contribution in [2.45, 2.75) is 71.4 Å². The van der Waals surface area contributed by atoms with Gasteiger partial charge in [-0.15, -0.1) is 11.3 Å². The lowest BCUT2D eigenvalue weighted by atomic mass is 9.95. The van der Waals surface area contributed by atoms with Crippen LogP contribution in [0, 0.1) is 17.1 Å². The summed E-state index contributed by atoms with van der Waals surface area (Å²) in [6, 6.07) is 7.57. The average molecular weight is 662 g/mol. The van der Waals surface area contributed by atoms with E-state index in [9.17, 15) is 10.1 Å². The van der Waals surface area contributed by atoms with Gasteiger partial charge >= 0.3 is 12.1 Å². The zero-order valence-corrected chi connectivity index (χ0v) is 28.5. The van der Waals surface area contributed by atoms with Gasteiger partial charge in [0, 0.05) is 22.7 Å². The number of thiophene rings is 1. The summed E-state index contributed by atoms with van der Waals surface area (Å²) in [7, 11) is 1.87. The van der Waals surface area contributed by atoms with Crippen LogP contribution in [-0.2, 0) is 4.74 Å². The smallest absolute Gasteiger partial charge is 0.412 e. The lowest BCUT2D eigenvalue weighted by molar-refractivity contribution is 0.0636. The summed E-state index contributed by atoms with van der Waals surface area (Å²) < 4.78 is 35.2. The standard InChI is InChI=1S/C32H34FN7O4S.C2H6/c1-31(2,3)44-30(41)38-28-19(16-34)21-18(8-5-9-20(21)45-28)24-23(33)25-22-26(39(4)14-15-42-27(22)35-24)37-29(36-25)43-17-32-10-6-12-40(32)13-7-11-32;1-2/h5,8-9H,6-7,10-15,17H2,1-4H3,(H,38,41);1-2H3. The molecule has 7 rings (SSSR count). The van der Waals surface area contributed by atoms with Gasteiger partial charge in [0.05, 0.1) is 17.6 Å². The second kappa shape index (κ2) is 12.7. The van der Waals surface area contributed by atoms with E-state index in [2.05, 4.69) is 26.3 Å². The van der Waals surface area contributed by atoms with Gasteiger partial charge in [0.15, 0.2) is 5.82 Å². The van der Waals surface area contributed by atoms with Crippen molar-refractivity contribution in [3.05, 3.63) is 29.6 Å². The summed E-state index contributed by atoms with van der Waals surface area (Å²) in [5.41, 5.74) is -0.160. The number of hydrogen-bond acceptors (Lipinski definition) is 11. The van der Waals surface area contributed by atoms with Crippen molar-refractivity contribution < 1.29 is 23.4 Å². The van der Waals surface area contributed by atoms with Crippen LogP contribution in [0.1, 0.15) is 65.9 Å². The van der Waals surface area contributed by atoms with Crippen LogP contribution in [0.3, 0.4) is 0 Å². The molecule has 0 saturated carbocycles. The van der Waals surface area contributed by atoms with Gasteiger partial charge in [0.25, 0.3) is 0 Å². The third kappa shape index (κ3) is 6.00. The van der Waals surface area contributed by atoms with Gasteiger partial charge in [-0.05, 0) is 65.6 Å². The Morgan fingerprint density at radius 1 is 1.15 bits per heavy atom. The topological polar surface area (TPSA) is 126 Å². The molecule has 3 aromatic heterocycles. The van der Waals surface area contributed by atoms with Crippen LogP contribution in [0.15, 0.2) is 18.2 Å². The Labute approximate surface area is 277 Å². The van der Waals surface area contributed by atoms with Crippen LogP contribution in [0.5, 0.6) is 11.9 Å². The molecule has 0 aliphatic carbocycles. The molecule has 47 heavy (non-hydrogen) atoms. The summed E-state index contributed by atoms with van der Waals surface area (Å²) in [6.07, 6.45) is 3.70. The van der Waals surface area contributed by atoms with Crippen molar-refractivity contribution in [2.24, 2.45) is 0 Å². The van der Waals surface area contributed by atoms with Crippen LogP contribution in [0.2, 0.25) is 0 Å². The van der Waals surface area contributed by atoms with E-state index in [1.54, 1.807) is 32.9 Å². The molecule has 1 N–H and O–H groups in total. The Balaban J connectivity index is 0.00000190. The number of benzene rings is 1. The fraction of sp³-hybridized carbons (Fsp3) is 0.500. The van der Waals surface area contributed by atoms with Crippen molar-refractivity contribution >= 4 is 49.2 Å². The molecule has 0 spiro atoms. The lowest BCUT2D eigenvalue weighted by Gasteiger charge is -2.31. The lowest BCUT2D eigenvalue weighted by Crippen LogP contribution is -2.43. The Kier molecular flexibility index (Phi) is 8.84. The molecule has 248 valence electrons. The fourth-order valence-corrected chi connectivity index (χ4v) is 7.77. The number of ether oxygens (including phenoxy) is 3. The first-order valence-corrected chi connectivity index (χ1v) is 17.0. The molecule has 0 unspecified atom stereocenters. The Morgan fingerprint density at radius 2 is 1.89 bits per heavy atom. The molecule has 11 nitrogen and oxygen atoms in total. The van der Waals surface area contributed by atoms with Gasteiger partial charge in [0.1, 0.15) is 52.3 Å². The molecule has 3 aliphatic rings. The van der Waals surface area contributed by atoms with Gasteiger partial charge in [-0.3, -0.25) is 10.2 Å². The number of carbonyl (C=O) groups is 1. The number of amides is 1. The Bertz CT molecular complexity index is 1870. The monoisotopic (exact) mass is 661 g/mol. The summed E-state index contributed by atoms with van der Waals surface area (Å²) >= 11 is 1.20. The molecule has 1 aromatic carbocycles. The molecule has 1 amide bonds. The van der Waals surface area contributed by atoms with Crippen LogP contribution in [-0.4, -0.2) is 77.0 Å². The summed E-state index contributed by atoms with van der Waals surface area (Å²) in [5.74, 6) is 0.0244. The number of aromatic nitrogens is 3. The Morgan fingerprint density at radius 3 is 2.60 bits per heavy atom. The summed E-state index contributed by atoms with van der Waals surface area (Å²) in [5, 5.41) is 14.0. The van der Waals surface area contributed by atoms with Crippen molar-refractivity contribution in [3.63, 3.8) is 0 Å². The number of nitrogens with one attached hydrogen (secondary N) is 1. The van der Waals surface area contributed by atoms with Crippen molar-refractivity contribution in [2.75, 3.05) is 50.1 Å². The highest BCUT2D eigenvalue weighted by atomic mass is 32.1. The second-order valence-corrected chi connectivity index (χ2v) is 13.9. The normalized spacial score (nSPS) is 16.9. The zero-order chi connectivity index (χ0) is 33.5. The van der Waals surface area contributed by atoms with E-state index in [-0.39, 0.29) is 34.2 Å². The van der Waals surface area contributed by atoms with Gasteiger partial charge in [-0.1, -0.05) is 26.0 Å². The van der Waals surface area contributed by atoms with Crippen LogP contribution >= 0.6 is 11.3 Å². The van der Waals surface area contributed by atoms with Crippen molar-refractivity contribution in [3.8, 4) is 29.2 Å². The number of fused-ring (bicyclic) bond motifs is 2. The number of halogens is 1. The Hall–Kier alpha value is -4.28. The van der Waals surface area contributed by atoms with Crippen LogP contribution < -0.4 is 19.7 Å². The average Bonchev–Trinajstić information content (AvgIpc) is 3.69. The predicted molar refractivity (Wildman–Crippen MR) is 181 cm³/mol. The quantitative estimate of drug-likeness (QED) is 0.236. The van der Waals surface area contributed by atoms with Crippen molar-refractivity contribution in [1.29, 1.82) is 5.26 Å². The van der Waals surface area contributed by atoms with E-state index in [1.165, 1.54) is 11.3 Å². The highest BCUT2D eigenvalue weighted by Crippen LogP contribution is 2.45. The molecule has 0 atom stereocenters. The number of nitriles is 1. The molecule has 0 bridgehead atoms. The van der Waals surface area contributed by atoms with Gasteiger partial charge in [0.2, 0.25) is 5.88 Å². The minimum absolute atomic E-state index is 0.0160. The number of carbonyl (C=O) groups excluding carboxylic acids is 1. The summed E-state index contributed by atoms with van der Waals surface area (Å²) in [6.45, 7) is 12.7. The molecule has 4 aromatic rings. The number of nitrogens with zero attached hydrogens (tertiary/aromatic N) is 6. The maximum Gasteiger partial charge on any atom is 0.412 e. The molecular weight excluding hydrogens is 621 g/mol.